The van der Waals surface area contributed by atoms with Crippen molar-refractivity contribution in [3.63, 3.8) is 0 Å². The van der Waals surface area contributed by atoms with E-state index < -0.39 is 11.8 Å². The van der Waals surface area contributed by atoms with Crippen molar-refractivity contribution in [2.75, 3.05) is 12.3 Å². The number of hydrogen-bond donors (Lipinski definition) is 1. The number of rotatable bonds is 2. The summed E-state index contributed by atoms with van der Waals surface area (Å²) in [4.78, 5) is 11.0. The molecule has 0 aromatic heterocycles. The van der Waals surface area contributed by atoms with Gasteiger partial charge in [0.25, 0.3) is 0 Å². The van der Waals surface area contributed by atoms with Crippen molar-refractivity contribution in [3.8, 4) is 11.8 Å². The summed E-state index contributed by atoms with van der Waals surface area (Å²) >= 11 is 5.70. The van der Waals surface area contributed by atoms with E-state index in [4.69, 9.17) is 17.3 Å². The van der Waals surface area contributed by atoms with E-state index in [9.17, 15) is 9.18 Å². The Hall–Kier alpha value is -1.73. The molecule has 0 aliphatic carbocycles. The average Bonchev–Trinajstić information content (AvgIpc) is 2.29. The molecule has 1 aromatic rings. The summed E-state index contributed by atoms with van der Waals surface area (Å²) in [5, 5.41) is -0.138. The number of nitrogen functional groups attached to an aromatic ring is 1. The molecule has 0 saturated carbocycles. The minimum absolute atomic E-state index is 0.0362. The summed E-state index contributed by atoms with van der Waals surface area (Å²) in [6.07, 6.45) is -0.0594. The number of halogens is 2. The van der Waals surface area contributed by atoms with Crippen LogP contribution in [0.3, 0.4) is 0 Å². The van der Waals surface area contributed by atoms with E-state index in [0.717, 1.165) is 0 Å². The number of benzene rings is 1. The quantitative estimate of drug-likeness (QED) is 0.501. The Morgan fingerprint density at radius 1 is 1.59 bits per heavy atom. The molecule has 0 atom stereocenters. The third-order valence-electron chi connectivity index (χ3n) is 1.87. The molecule has 0 unspecified atom stereocenters. The van der Waals surface area contributed by atoms with Crippen LogP contribution < -0.4 is 5.73 Å². The van der Waals surface area contributed by atoms with Gasteiger partial charge < -0.3 is 10.5 Å². The monoisotopic (exact) mass is 255 g/mol. The zero-order valence-electron chi connectivity index (χ0n) is 9.22. The summed E-state index contributed by atoms with van der Waals surface area (Å²) in [5.74, 6) is 4.03. The molecule has 0 radical (unpaired) electrons. The number of esters is 1. The van der Waals surface area contributed by atoms with E-state index >= 15 is 0 Å². The molecule has 3 nitrogen and oxygen atoms in total. The molecule has 0 spiro atoms. The van der Waals surface area contributed by atoms with Crippen LogP contribution in [0.4, 0.5) is 10.1 Å². The van der Waals surface area contributed by atoms with Gasteiger partial charge in [0.2, 0.25) is 0 Å². The van der Waals surface area contributed by atoms with Crippen LogP contribution in [-0.2, 0) is 9.53 Å². The van der Waals surface area contributed by atoms with Gasteiger partial charge in [-0.1, -0.05) is 23.4 Å². The Balaban J connectivity index is 2.79. The average molecular weight is 256 g/mol. The molecule has 90 valence electrons. The largest absolute Gasteiger partial charge is 0.465 e. The van der Waals surface area contributed by atoms with E-state index in [1.165, 1.54) is 12.1 Å². The molecule has 1 aromatic carbocycles. The topological polar surface area (TPSA) is 52.3 Å². The Morgan fingerprint density at radius 2 is 2.29 bits per heavy atom. The van der Waals surface area contributed by atoms with Crippen LogP contribution in [0.2, 0.25) is 5.02 Å². The molecule has 0 aliphatic heterocycles. The van der Waals surface area contributed by atoms with Crippen LogP contribution >= 0.6 is 11.6 Å². The molecule has 0 saturated heterocycles. The summed E-state index contributed by atoms with van der Waals surface area (Å²) in [5.41, 5.74) is 5.58. The predicted octanol–water partition coefficient (Wildman–Crippen LogP) is 2.37. The minimum atomic E-state index is -0.699. The lowest BCUT2D eigenvalue weighted by Crippen LogP contribution is -2.01. The van der Waals surface area contributed by atoms with E-state index in [1.807, 2.05) is 0 Å². The molecule has 5 heteroatoms. The molecule has 0 fully saturated rings. The van der Waals surface area contributed by atoms with Crippen LogP contribution in [0.15, 0.2) is 12.1 Å². The lowest BCUT2D eigenvalue weighted by atomic mass is 10.2. The highest BCUT2D eigenvalue weighted by molar-refractivity contribution is 6.32. The minimum Gasteiger partial charge on any atom is -0.465 e. The number of carbonyl (C=O) groups is 1. The van der Waals surface area contributed by atoms with Crippen LogP contribution in [0, 0.1) is 17.7 Å². The van der Waals surface area contributed by atoms with Crippen molar-refractivity contribution >= 4 is 23.3 Å². The van der Waals surface area contributed by atoms with Gasteiger partial charge in [0, 0.05) is 5.56 Å². The van der Waals surface area contributed by atoms with Crippen molar-refractivity contribution < 1.29 is 13.9 Å². The second-order valence-electron chi connectivity index (χ2n) is 3.11. The smallest absolute Gasteiger partial charge is 0.317 e. The molecular formula is C12H11ClFNO2. The van der Waals surface area contributed by atoms with Crippen molar-refractivity contribution in [1.29, 1.82) is 0 Å². The first kappa shape index (κ1) is 13.3. The zero-order chi connectivity index (χ0) is 12.8. The highest BCUT2D eigenvalue weighted by atomic mass is 35.5. The molecule has 17 heavy (non-hydrogen) atoms. The van der Waals surface area contributed by atoms with Gasteiger partial charge in [-0.05, 0) is 19.1 Å². The predicted molar refractivity (Wildman–Crippen MR) is 64.0 cm³/mol. The van der Waals surface area contributed by atoms with Crippen LogP contribution in [0.5, 0.6) is 0 Å². The summed E-state index contributed by atoms with van der Waals surface area (Å²) < 4.78 is 18.0. The van der Waals surface area contributed by atoms with Gasteiger partial charge in [0.05, 0.1) is 17.3 Å². The maximum absolute atomic E-state index is 13.3. The fraction of sp³-hybridized carbons (Fsp3) is 0.250. The second kappa shape index (κ2) is 6.12. The van der Waals surface area contributed by atoms with E-state index in [-0.39, 0.29) is 17.1 Å². The molecule has 0 amide bonds. The van der Waals surface area contributed by atoms with E-state index in [2.05, 4.69) is 16.6 Å². The van der Waals surface area contributed by atoms with Crippen LogP contribution in [0.25, 0.3) is 0 Å². The fourth-order valence-electron chi connectivity index (χ4n) is 1.08. The Labute approximate surface area is 104 Å². The standard InChI is InChI=1S/C12H11ClFNO2/c1-2-17-10(16)5-3-4-8-6-7-9(15)12(14)11(8)13/h6-7H,2,5,15H2,1H3. The SMILES string of the molecule is CCOC(=O)CC#Cc1ccc(N)c(F)c1Cl. The number of ether oxygens (including phenoxy) is 1. The van der Waals surface area contributed by atoms with Crippen LogP contribution in [0.1, 0.15) is 18.9 Å². The third-order valence-corrected chi connectivity index (χ3v) is 2.24. The van der Waals surface area contributed by atoms with E-state index in [1.54, 1.807) is 6.92 Å². The Morgan fingerprint density at radius 3 is 2.94 bits per heavy atom. The maximum Gasteiger partial charge on any atom is 0.317 e. The van der Waals surface area contributed by atoms with Crippen molar-refractivity contribution in [3.05, 3.63) is 28.5 Å². The first-order valence-electron chi connectivity index (χ1n) is 4.94. The molecule has 0 bridgehead atoms. The molecule has 0 aliphatic rings. The van der Waals surface area contributed by atoms with Gasteiger partial charge in [0.15, 0.2) is 5.82 Å². The third kappa shape index (κ3) is 3.65. The first-order valence-corrected chi connectivity index (χ1v) is 5.32. The van der Waals surface area contributed by atoms with Gasteiger partial charge in [-0.2, -0.15) is 0 Å². The summed E-state index contributed by atoms with van der Waals surface area (Å²) in [7, 11) is 0. The lowest BCUT2D eigenvalue weighted by Gasteiger charge is -2.00. The number of anilines is 1. The normalized spacial score (nSPS) is 9.35. The lowest BCUT2D eigenvalue weighted by molar-refractivity contribution is -0.141. The van der Waals surface area contributed by atoms with Crippen LogP contribution in [-0.4, -0.2) is 12.6 Å². The maximum atomic E-state index is 13.3. The van der Waals surface area contributed by atoms with Crippen molar-refractivity contribution in [1.82, 2.24) is 0 Å². The van der Waals surface area contributed by atoms with Crippen molar-refractivity contribution in [2.24, 2.45) is 0 Å². The molecule has 1 rings (SSSR count). The Kier molecular flexibility index (Phi) is 4.80. The number of hydrogen-bond acceptors (Lipinski definition) is 3. The second-order valence-corrected chi connectivity index (χ2v) is 3.49. The highest BCUT2D eigenvalue weighted by Crippen LogP contribution is 2.23. The van der Waals surface area contributed by atoms with E-state index in [0.29, 0.717) is 12.2 Å². The van der Waals surface area contributed by atoms with Crippen molar-refractivity contribution in [2.45, 2.75) is 13.3 Å². The highest BCUT2D eigenvalue weighted by Gasteiger charge is 2.07. The number of nitrogens with two attached hydrogens (primary N) is 1. The van der Waals surface area contributed by atoms with Gasteiger partial charge >= 0.3 is 5.97 Å². The fourth-order valence-corrected chi connectivity index (χ4v) is 1.30. The Bertz CT molecular complexity index is 491. The first-order chi connectivity index (χ1) is 8.06. The van der Waals surface area contributed by atoms with Gasteiger partial charge in [0.1, 0.15) is 6.42 Å². The molecular weight excluding hydrogens is 245 g/mol. The van der Waals surface area contributed by atoms with Gasteiger partial charge in [-0.15, -0.1) is 0 Å². The zero-order valence-corrected chi connectivity index (χ0v) is 9.97. The summed E-state index contributed by atoms with van der Waals surface area (Å²) in [6, 6.07) is 2.87. The number of carbonyl (C=O) groups excluding carboxylic acids is 1. The molecule has 0 heterocycles. The summed E-state index contributed by atoms with van der Waals surface area (Å²) in [6.45, 7) is 2.01. The molecule has 2 N–H and O–H groups in total. The van der Waals surface area contributed by atoms with Gasteiger partial charge in [-0.3, -0.25) is 4.79 Å². The van der Waals surface area contributed by atoms with Gasteiger partial charge in [-0.25, -0.2) is 4.39 Å².